The highest BCUT2D eigenvalue weighted by Gasteiger charge is 2.03. The van der Waals surface area contributed by atoms with Crippen molar-refractivity contribution >= 4 is 38.9 Å². The van der Waals surface area contributed by atoms with Gasteiger partial charge in [0.2, 0.25) is 0 Å². The van der Waals surface area contributed by atoms with Gasteiger partial charge in [0.15, 0.2) is 0 Å². The minimum Gasteiger partial charge on any atom is -0.308 e. The van der Waals surface area contributed by atoms with Gasteiger partial charge in [0, 0.05) is 28.6 Å². The molecule has 17 heavy (non-hydrogen) atoms. The molecular weight excluding hydrogens is 325 g/mol. The fraction of sp³-hybridized carbons (Fsp3) is 0.167. The lowest BCUT2D eigenvalue weighted by molar-refractivity contribution is 0.589. The highest BCUT2D eigenvalue weighted by Crippen LogP contribution is 2.22. The van der Waals surface area contributed by atoms with Crippen molar-refractivity contribution in [2.45, 2.75) is 13.1 Å². The lowest BCUT2D eigenvalue weighted by Gasteiger charge is -2.05. The fourth-order valence-electron chi connectivity index (χ4n) is 1.45. The number of rotatable bonds is 4. The molecule has 5 heteroatoms. The molecule has 0 saturated carbocycles. The van der Waals surface area contributed by atoms with Crippen LogP contribution in [0.1, 0.15) is 10.4 Å². The molecule has 0 aliphatic carbocycles. The summed E-state index contributed by atoms with van der Waals surface area (Å²) in [5, 5.41) is 3.75. The van der Waals surface area contributed by atoms with E-state index in [1.54, 1.807) is 23.5 Å². The van der Waals surface area contributed by atoms with Crippen molar-refractivity contribution in [3.63, 3.8) is 0 Å². The van der Waals surface area contributed by atoms with Crippen LogP contribution >= 0.6 is 38.9 Å². The summed E-state index contributed by atoms with van der Waals surface area (Å²) < 4.78 is 14.5. The van der Waals surface area contributed by atoms with Gasteiger partial charge in [0.1, 0.15) is 5.82 Å². The molecule has 0 bridgehead atoms. The van der Waals surface area contributed by atoms with Crippen LogP contribution in [-0.2, 0) is 13.1 Å². The van der Waals surface area contributed by atoms with Crippen LogP contribution in [0.3, 0.4) is 0 Å². The van der Waals surface area contributed by atoms with Crippen molar-refractivity contribution in [3.05, 3.63) is 55.4 Å². The predicted molar refractivity (Wildman–Crippen MR) is 74.0 cm³/mol. The molecule has 0 radical (unpaired) electrons. The average molecular weight is 335 g/mol. The van der Waals surface area contributed by atoms with Gasteiger partial charge in [0.05, 0.1) is 3.79 Å². The summed E-state index contributed by atoms with van der Waals surface area (Å²) in [5.41, 5.74) is 0.591. The van der Waals surface area contributed by atoms with E-state index in [2.05, 4.69) is 21.2 Å². The minimum atomic E-state index is -0.228. The summed E-state index contributed by atoms with van der Waals surface area (Å²) in [6.45, 7) is 1.20. The summed E-state index contributed by atoms with van der Waals surface area (Å²) in [7, 11) is 0. The Morgan fingerprint density at radius 2 is 2.06 bits per heavy atom. The molecule has 0 fully saturated rings. The van der Waals surface area contributed by atoms with Crippen LogP contribution in [-0.4, -0.2) is 0 Å². The van der Waals surface area contributed by atoms with Gasteiger partial charge < -0.3 is 5.32 Å². The summed E-state index contributed by atoms with van der Waals surface area (Å²) in [6, 6.07) is 8.63. The summed E-state index contributed by atoms with van der Waals surface area (Å²) in [5.74, 6) is -0.228. The van der Waals surface area contributed by atoms with Crippen LogP contribution in [0.25, 0.3) is 0 Å². The number of halogens is 3. The molecule has 1 aromatic carbocycles. The first kappa shape index (κ1) is 13.0. The molecule has 0 spiro atoms. The van der Waals surface area contributed by atoms with Crippen molar-refractivity contribution in [1.29, 1.82) is 0 Å². The Hall–Kier alpha value is -0.420. The van der Waals surface area contributed by atoms with Gasteiger partial charge in [-0.1, -0.05) is 11.6 Å². The van der Waals surface area contributed by atoms with Gasteiger partial charge in [-0.2, -0.15) is 0 Å². The molecule has 1 heterocycles. The smallest absolute Gasteiger partial charge is 0.127 e. The van der Waals surface area contributed by atoms with E-state index in [9.17, 15) is 4.39 Å². The summed E-state index contributed by atoms with van der Waals surface area (Å²) in [6.07, 6.45) is 0. The van der Waals surface area contributed by atoms with Gasteiger partial charge in [-0.15, -0.1) is 11.3 Å². The van der Waals surface area contributed by atoms with E-state index >= 15 is 0 Å². The van der Waals surface area contributed by atoms with Crippen LogP contribution in [0.4, 0.5) is 4.39 Å². The van der Waals surface area contributed by atoms with Gasteiger partial charge >= 0.3 is 0 Å². The molecule has 0 aliphatic heterocycles. The second kappa shape index (κ2) is 5.96. The monoisotopic (exact) mass is 333 g/mol. The van der Waals surface area contributed by atoms with Crippen LogP contribution in [0.15, 0.2) is 34.1 Å². The first-order valence-electron chi connectivity index (χ1n) is 5.04. The molecular formula is C12H10BrClFNS. The number of benzene rings is 1. The molecule has 90 valence electrons. The SMILES string of the molecule is Fc1ccc(Cl)cc1CNCc1ccc(Br)s1. The number of nitrogens with one attached hydrogen (secondary N) is 1. The second-order valence-corrected chi connectivity index (χ2v) is 6.53. The first-order chi connectivity index (χ1) is 8.15. The highest BCUT2D eigenvalue weighted by molar-refractivity contribution is 9.11. The van der Waals surface area contributed by atoms with E-state index in [0.29, 0.717) is 17.1 Å². The molecule has 1 N–H and O–H groups in total. The van der Waals surface area contributed by atoms with Crippen LogP contribution < -0.4 is 5.32 Å². The highest BCUT2D eigenvalue weighted by atomic mass is 79.9. The van der Waals surface area contributed by atoms with E-state index in [1.807, 2.05) is 12.1 Å². The zero-order valence-electron chi connectivity index (χ0n) is 8.84. The molecule has 0 unspecified atom stereocenters. The van der Waals surface area contributed by atoms with Crippen LogP contribution in [0, 0.1) is 5.82 Å². The van der Waals surface area contributed by atoms with Crippen LogP contribution in [0.2, 0.25) is 5.02 Å². The average Bonchev–Trinajstić information content (AvgIpc) is 2.69. The zero-order valence-corrected chi connectivity index (χ0v) is 12.0. The minimum absolute atomic E-state index is 0.228. The van der Waals surface area contributed by atoms with Gasteiger partial charge in [-0.05, 0) is 46.3 Å². The maximum Gasteiger partial charge on any atom is 0.127 e. The molecule has 1 aromatic heterocycles. The number of hydrogen-bond acceptors (Lipinski definition) is 2. The first-order valence-corrected chi connectivity index (χ1v) is 7.03. The van der Waals surface area contributed by atoms with Crippen molar-refractivity contribution < 1.29 is 4.39 Å². The summed E-state index contributed by atoms with van der Waals surface area (Å²) in [4.78, 5) is 1.21. The van der Waals surface area contributed by atoms with Crippen molar-refractivity contribution in [3.8, 4) is 0 Å². The topological polar surface area (TPSA) is 12.0 Å². The lowest BCUT2D eigenvalue weighted by atomic mass is 10.2. The molecule has 0 amide bonds. The third-order valence-electron chi connectivity index (χ3n) is 2.25. The Kier molecular flexibility index (Phi) is 4.56. The number of thiophene rings is 1. The number of hydrogen-bond donors (Lipinski definition) is 1. The van der Waals surface area contributed by atoms with Crippen molar-refractivity contribution in [1.82, 2.24) is 5.32 Å². The molecule has 2 rings (SSSR count). The Bertz CT molecular complexity index is 515. The summed E-state index contributed by atoms with van der Waals surface area (Å²) >= 11 is 10.9. The molecule has 0 saturated heterocycles. The second-order valence-electron chi connectivity index (χ2n) is 3.55. The predicted octanol–water partition coefficient (Wildman–Crippen LogP) is 4.59. The van der Waals surface area contributed by atoms with Crippen molar-refractivity contribution in [2.75, 3.05) is 0 Å². The molecule has 1 nitrogen and oxygen atoms in total. The van der Waals surface area contributed by atoms with E-state index in [-0.39, 0.29) is 5.82 Å². The van der Waals surface area contributed by atoms with Gasteiger partial charge in [-0.25, -0.2) is 4.39 Å². The molecule has 0 aliphatic rings. The third kappa shape index (κ3) is 3.78. The molecule has 0 atom stereocenters. The molecule has 2 aromatic rings. The fourth-order valence-corrected chi connectivity index (χ4v) is 3.09. The zero-order chi connectivity index (χ0) is 12.3. The quantitative estimate of drug-likeness (QED) is 0.862. The van der Waals surface area contributed by atoms with E-state index in [1.165, 1.54) is 10.9 Å². The maximum absolute atomic E-state index is 13.4. The van der Waals surface area contributed by atoms with Crippen molar-refractivity contribution in [2.24, 2.45) is 0 Å². The Balaban J connectivity index is 1.91. The third-order valence-corrected chi connectivity index (χ3v) is 4.11. The van der Waals surface area contributed by atoms with E-state index in [0.717, 1.165) is 10.3 Å². The Labute approximate surface area is 117 Å². The largest absolute Gasteiger partial charge is 0.308 e. The van der Waals surface area contributed by atoms with Gasteiger partial charge in [0.25, 0.3) is 0 Å². The standard InChI is InChI=1S/C12H10BrClFNS/c13-12-4-2-10(17-12)7-16-6-8-5-9(14)1-3-11(8)15/h1-5,16H,6-7H2. The van der Waals surface area contributed by atoms with E-state index in [4.69, 9.17) is 11.6 Å². The van der Waals surface area contributed by atoms with Gasteiger partial charge in [-0.3, -0.25) is 0 Å². The Morgan fingerprint density at radius 1 is 1.24 bits per heavy atom. The Morgan fingerprint density at radius 3 is 2.76 bits per heavy atom. The maximum atomic E-state index is 13.4. The normalized spacial score (nSPS) is 10.8. The lowest BCUT2D eigenvalue weighted by Crippen LogP contribution is -2.12. The van der Waals surface area contributed by atoms with E-state index < -0.39 is 0 Å². The van der Waals surface area contributed by atoms with Crippen LogP contribution in [0.5, 0.6) is 0 Å².